The molecule has 1 fully saturated rings. The van der Waals surface area contributed by atoms with Crippen LogP contribution in [-0.2, 0) is 0 Å². The first kappa shape index (κ1) is 16.2. The molecule has 0 N–H and O–H groups in total. The summed E-state index contributed by atoms with van der Waals surface area (Å²) < 4.78 is 31.1. The molecule has 0 spiro atoms. The number of alkyl halides is 3. The molecule has 0 aromatic carbocycles. The van der Waals surface area contributed by atoms with Crippen LogP contribution in [0.5, 0.6) is 0 Å². The van der Waals surface area contributed by atoms with Crippen molar-refractivity contribution in [1.82, 2.24) is 0 Å². The van der Waals surface area contributed by atoms with Crippen LogP contribution in [-0.4, -0.2) is 6.18 Å². The summed E-state index contributed by atoms with van der Waals surface area (Å²) in [5.41, 5.74) is 0. The molecule has 0 nitrogen and oxygen atoms in total. The van der Waals surface area contributed by atoms with Crippen molar-refractivity contribution in [2.24, 2.45) is 5.92 Å². The molecule has 0 atom stereocenters. The lowest BCUT2D eigenvalue weighted by Crippen LogP contribution is -1.99. The normalized spacial score (nSPS) is 17.4. The summed E-state index contributed by atoms with van der Waals surface area (Å²) in [4.78, 5) is 0. The van der Waals surface area contributed by atoms with Gasteiger partial charge in [0.05, 0.1) is 0 Å². The van der Waals surface area contributed by atoms with Gasteiger partial charge in [-0.2, -0.15) is 13.2 Å². The second-order valence-electron chi connectivity index (χ2n) is 3.52. The van der Waals surface area contributed by atoms with Crippen LogP contribution in [0.1, 0.15) is 59.8 Å². The molecule has 0 bridgehead atoms. The second-order valence-corrected chi connectivity index (χ2v) is 3.52. The zero-order chi connectivity index (χ0) is 11.6. The third-order valence-electron chi connectivity index (χ3n) is 1.89. The molecule has 0 unspecified atom stereocenters. The monoisotopic (exact) mass is 212 g/mol. The molecular weight excluding hydrogens is 189 g/mol. The molecule has 0 aromatic heterocycles. The number of hydrogen-bond donors (Lipinski definition) is 0. The quantitative estimate of drug-likeness (QED) is 0.519. The van der Waals surface area contributed by atoms with E-state index in [1.807, 2.05) is 13.8 Å². The highest BCUT2D eigenvalue weighted by molar-refractivity contribution is 4.59. The first-order chi connectivity index (χ1) is 6.39. The van der Waals surface area contributed by atoms with Gasteiger partial charge in [0, 0.05) is 6.92 Å². The topological polar surface area (TPSA) is 0 Å². The van der Waals surface area contributed by atoms with Crippen LogP contribution >= 0.6 is 0 Å². The fourth-order valence-electron chi connectivity index (χ4n) is 1.31. The summed E-state index contributed by atoms with van der Waals surface area (Å²) in [6.45, 7) is 6.55. The minimum Gasteiger partial charge on any atom is -0.172 e. The summed E-state index contributed by atoms with van der Waals surface area (Å²) in [7, 11) is 0. The third-order valence-corrected chi connectivity index (χ3v) is 1.89. The van der Waals surface area contributed by atoms with E-state index < -0.39 is 6.18 Å². The molecule has 0 amide bonds. The molecule has 0 aromatic rings. The van der Waals surface area contributed by atoms with Gasteiger partial charge in [-0.3, -0.25) is 0 Å². The standard InChI is InChI=1S/C7H14.C2H3F3.C2H6/c1-7-5-3-2-4-6-7;1-2(3,4)5;1-2/h7H,2-6H2,1H3;1H3;1-2H3. The highest BCUT2D eigenvalue weighted by atomic mass is 19.4. The molecule has 0 radical (unpaired) electrons. The Bertz CT molecular complexity index is 95.6. The van der Waals surface area contributed by atoms with Crippen molar-refractivity contribution < 1.29 is 13.2 Å². The van der Waals surface area contributed by atoms with Gasteiger partial charge in [0.2, 0.25) is 0 Å². The van der Waals surface area contributed by atoms with Gasteiger partial charge in [-0.05, 0) is 5.92 Å². The fourth-order valence-corrected chi connectivity index (χ4v) is 1.31. The molecule has 1 aliphatic carbocycles. The summed E-state index contributed by atoms with van der Waals surface area (Å²) in [6.07, 6.45) is 3.44. The smallest absolute Gasteiger partial charge is 0.172 e. The Morgan fingerprint density at radius 3 is 1.36 bits per heavy atom. The van der Waals surface area contributed by atoms with Gasteiger partial charge < -0.3 is 0 Å². The molecular formula is C11H23F3. The van der Waals surface area contributed by atoms with E-state index in [1.54, 1.807) is 0 Å². The van der Waals surface area contributed by atoms with Gasteiger partial charge in [-0.1, -0.05) is 52.9 Å². The van der Waals surface area contributed by atoms with Crippen molar-refractivity contribution >= 4 is 0 Å². The summed E-state index contributed by atoms with van der Waals surface area (Å²) >= 11 is 0. The van der Waals surface area contributed by atoms with Crippen LogP contribution in [0.25, 0.3) is 0 Å². The Balaban J connectivity index is 0. The lowest BCUT2D eigenvalue weighted by atomic mass is 9.91. The van der Waals surface area contributed by atoms with Crippen LogP contribution in [0.4, 0.5) is 13.2 Å². The van der Waals surface area contributed by atoms with E-state index >= 15 is 0 Å². The third kappa shape index (κ3) is 22.6. The summed E-state index contributed by atoms with van der Waals surface area (Å²) in [5.74, 6) is 1.04. The minimum absolute atomic E-state index is 0.188. The number of rotatable bonds is 0. The van der Waals surface area contributed by atoms with E-state index in [9.17, 15) is 13.2 Å². The highest BCUT2D eigenvalue weighted by Gasteiger charge is 2.15. The van der Waals surface area contributed by atoms with Gasteiger partial charge in [-0.15, -0.1) is 0 Å². The van der Waals surface area contributed by atoms with Crippen LogP contribution in [0.2, 0.25) is 0 Å². The maximum atomic E-state index is 10.4. The predicted molar refractivity (Wildman–Crippen MR) is 55.3 cm³/mol. The predicted octanol–water partition coefficient (Wildman–Crippen LogP) is 5.18. The zero-order valence-corrected chi connectivity index (χ0v) is 9.75. The molecule has 88 valence electrons. The Labute approximate surface area is 85.9 Å². The van der Waals surface area contributed by atoms with Gasteiger partial charge in [0.15, 0.2) is 0 Å². The van der Waals surface area contributed by atoms with Crippen molar-refractivity contribution in [3.8, 4) is 0 Å². The minimum atomic E-state index is -4.00. The lowest BCUT2D eigenvalue weighted by molar-refractivity contribution is -0.110. The van der Waals surface area contributed by atoms with Gasteiger partial charge >= 0.3 is 6.18 Å². The number of halogens is 3. The highest BCUT2D eigenvalue weighted by Crippen LogP contribution is 2.22. The Morgan fingerprint density at radius 1 is 0.929 bits per heavy atom. The largest absolute Gasteiger partial charge is 0.386 e. The van der Waals surface area contributed by atoms with Gasteiger partial charge in [0.25, 0.3) is 0 Å². The molecule has 0 saturated heterocycles. The van der Waals surface area contributed by atoms with Crippen LogP contribution in [0.3, 0.4) is 0 Å². The molecule has 1 aliphatic rings. The van der Waals surface area contributed by atoms with Crippen molar-refractivity contribution in [3.63, 3.8) is 0 Å². The van der Waals surface area contributed by atoms with Crippen LogP contribution < -0.4 is 0 Å². The SMILES string of the molecule is CC.CC(F)(F)F.CC1CCCCC1. The van der Waals surface area contributed by atoms with E-state index in [1.165, 1.54) is 32.1 Å². The van der Waals surface area contributed by atoms with Crippen LogP contribution in [0, 0.1) is 5.92 Å². The van der Waals surface area contributed by atoms with Crippen molar-refractivity contribution in [1.29, 1.82) is 0 Å². The molecule has 1 saturated carbocycles. The first-order valence-corrected chi connectivity index (χ1v) is 5.46. The average Bonchev–Trinajstić information content (AvgIpc) is 2.06. The average molecular weight is 212 g/mol. The Morgan fingerprint density at radius 2 is 1.21 bits per heavy atom. The zero-order valence-electron chi connectivity index (χ0n) is 9.75. The van der Waals surface area contributed by atoms with Crippen molar-refractivity contribution in [3.05, 3.63) is 0 Å². The Hall–Kier alpha value is -0.210. The molecule has 14 heavy (non-hydrogen) atoms. The summed E-state index contributed by atoms with van der Waals surface area (Å²) in [5, 5.41) is 0. The molecule has 0 aliphatic heterocycles. The number of hydrogen-bond acceptors (Lipinski definition) is 0. The second kappa shape index (κ2) is 9.35. The van der Waals surface area contributed by atoms with E-state index in [-0.39, 0.29) is 6.92 Å². The molecule has 1 rings (SSSR count). The van der Waals surface area contributed by atoms with Crippen molar-refractivity contribution in [2.45, 2.75) is 66.0 Å². The Kier molecular flexibility index (Phi) is 10.8. The van der Waals surface area contributed by atoms with E-state index in [4.69, 9.17) is 0 Å². The van der Waals surface area contributed by atoms with Gasteiger partial charge in [-0.25, -0.2) is 0 Å². The maximum absolute atomic E-state index is 10.4. The first-order valence-electron chi connectivity index (χ1n) is 5.46. The maximum Gasteiger partial charge on any atom is 0.386 e. The fraction of sp³-hybridized carbons (Fsp3) is 1.00. The van der Waals surface area contributed by atoms with E-state index in [0.717, 1.165) is 5.92 Å². The molecule has 3 heteroatoms. The van der Waals surface area contributed by atoms with Crippen LogP contribution in [0.15, 0.2) is 0 Å². The van der Waals surface area contributed by atoms with E-state index in [0.29, 0.717) is 0 Å². The van der Waals surface area contributed by atoms with Gasteiger partial charge in [0.1, 0.15) is 0 Å². The van der Waals surface area contributed by atoms with Crippen molar-refractivity contribution in [2.75, 3.05) is 0 Å². The molecule has 0 heterocycles. The lowest BCUT2D eigenvalue weighted by Gasteiger charge is -2.15. The van der Waals surface area contributed by atoms with E-state index in [2.05, 4.69) is 6.92 Å². The summed E-state index contributed by atoms with van der Waals surface area (Å²) in [6, 6.07) is 0.